The van der Waals surface area contributed by atoms with Gasteiger partial charge >= 0.3 is 6.09 Å². The second-order valence-corrected chi connectivity index (χ2v) is 13.2. The van der Waals surface area contributed by atoms with Crippen LogP contribution in [0, 0.1) is 11.8 Å². The minimum absolute atomic E-state index is 0.167. The molecule has 4 aliphatic rings. The Morgan fingerprint density at radius 2 is 1.74 bits per heavy atom. The summed E-state index contributed by atoms with van der Waals surface area (Å²) in [5.41, 5.74) is -0.662. The number of hydrogen-bond acceptors (Lipinski definition) is 6. The highest BCUT2D eigenvalue weighted by molar-refractivity contribution is 5.69. The summed E-state index contributed by atoms with van der Waals surface area (Å²) in [6, 6.07) is 0.958. The Morgan fingerprint density at radius 1 is 1.06 bits per heavy atom. The van der Waals surface area contributed by atoms with Crippen LogP contribution in [0.3, 0.4) is 0 Å². The molecule has 35 heavy (non-hydrogen) atoms. The van der Waals surface area contributed by atoms with E-state index in [-0.39, 0.29) is 11.5 Å². The normalized spacial score (nSPS) is 30.8. The largest absolute Gasteiger partial charge is 0.444 e. The number of rotatable bonds is 7. The summed E-state index contributed by atoms with van der Waals surface area (Å²) in [4.78, 5) is 22.7. The first-order valence-electron chi connectivity index (χ1n) is 14.2. The van der Waals surface area contributed by atoms with Crippen molar-refractivity contribution in [2.45, 2.75) is 127 Å². The van der Waals surface area contributed by atoms with Crippen LogP contribution < -0.4 is 0 Å². The van der Waals surface area contributed by atoms with Crippen molar-refractivity contribution in [2.24, 2.45) is 11.8 Å². The van der Waals surface area contributed by atoms with Crippen LogP contribution in [0.5, 0.6) is 0 Å². The Labute approximate surface area is 211 Å². The van der Waals surface area contributed by atoms with Gasteiger partial charge in [0.05, 0.1) is 5.41 Å². The molecule has 1 aromatic heterocycles. The van der Waals surface area contributed by atoms with E-state index in [1.54, 1.807) is 0 Å². The number of carbonyl (C=O) groups excluding carboxylic acids is 1. The average molecular weight is 487 g/mol. The fourth-order valence-electron chi connectivity index (χ4n) is 6.65. The number of aromatic nitrogens is 2. The molecule has 0 aliphatic heterocycles. The molecule has 5 rings (SSSR count). The van der Waals surface area contributed by atoms with Crippen molar-refractivity contribution in [3.05, 3.63) is 11.7 Å². The molecule has 0 saturated heterocycles. The summed E-state index contributed by atoms with van der Waals surface area (Å²) in [7, 11) is 4.34. The van der Waals surface area contributed by atoms with E-state index in [0.717, 1.165) is 49.7 Å². The zero-order valence-electron chi connectivity index (χ0n) is 22.6. The molecule has 7 heteroatoms. The van der Waals surface area contributed by atoms with Gasteiger partial charge in [-0.2, -0.15) is 4.98 Å². The van der Waals surface area contributed by atoms with E-state index in [0.29, 0.717) is 30.5 Å². The monoisotopic (exact) mass is 486 g/mol. The zero-order valence-corrected chi connectivity index (χ0v) is 22.6. The maximum absolute atomic E-state index is 13.4. The smallest absolute Gasteiger partial charge is 0.410 e. The molecule has 4 saturated carbocycles. The fourth-order valence-corrected chi connectivity index (χ4v) is 6.65. The molecule has 4 fully saturated rings. The first kappa shape index (κ1) is 25.0. The lowest BCUT2D eigenvalue weighted by Gasteiger charge is -2.31. The molecule has 0 spiro atoms. The van der Waals surface area contributed by atoms with E-state index in [2.05, 4.69) is 29.1 Å². The topological polar surface area (TPSA) is 71.7 Å². The van der Waals surface area contributed by atoms with Gasteiger partial charge in [0.15, 0.2) is 5.82 Å². The van der Waals surface area contributed by atoms with Crippen molar-refractivity contribution in [3.8, 4) is 0 Å². The molecule has 0 unspecified atom stereocenters. The van der Waals surface area contributed by atoms with Gasteiger partial charge in [-0.05, 0) is 91.6 Å². The van der Waals surface area contributed by atoms with E-state index in [1.165, 1.54) is 44.9 Å². The van der Waals surface area contributed by atoms with Crippen LogP contribution in [0.25, 0.3) is 0 Å². The van der Waals surface area contributed by atoms with Gasteiger partial charge in [0.2, 0.25) is 5.89 Å². The molecule has 7 nitrogen and oxygen atoms in total. The molecular formula is C28H46N4O3. The molecule has 2 atom stereocenters. The SMILES string of the molecule is CN(C)[C@H]1CC[C@H](c2nc(C3(CN(C(=O)OC(C)(C)C)[C@@H]4C[C@H]4C4CCCCC4)CC3)no2)CC1. The number of carbonyl (C=O) groups is 1. The molecule has 0 aromatic carbocycles. The van der Waals surface area contributed by atoms with Crippen LogP contribution in [0.4, 0.5) is 4.79 Å². The second-order valence-electron chi connectivity index (χ2n) is 13.2. The maximum Gasteiger partial charge on any atom is 0.410 e. The summed E-state index contributed by atoms with van der Waals surface area (Å²) in [5, 5.41) is 4.48. The van der Waals surface area contributed by atoms with Gasteiger partial charge in [-0.25, -0.2) is 4.79 Å². The summed E-state index contributed by atoms with van der Waals surface area (Å²) in [6.45, 7) is 6.52. The first-order valence-corrected chi connectivity index (χ1v) is 14.2. The van der Waals surface area contributed by atoms with Gasteiger partial charge in [-0.1, -0.05) is 37.3 Å². The second kappa shape index (κ2) is 9.68. The third-order valence-corrected chi connectivity index (χ3v) is 9.11. The van der Waals surface area contributed by atoms with Crippen LogP contribution in [-0.2, 0) is 10.2 Å². The van der Waals surface area contributed by atoms with Gasteiger partial charge < -0.3 is 19.1 Å². The minimum Gasteiger partial charge on any atom is -0.444 e. The van der Waals surface area contributed by atoms with Crippen LogP contribution >= 0.6 is 0 Å². The van der Waals surface area contributed by atoms with Gasteiger partial charge in [0.25, 0.3) is 0 Å². The lowest BCUT2D eigenvalue weighted by molar-refractivity contribution is 0.0193. The van der Waals surface area contributed by atoms with Crippen molar-refractivity contribution >= 4 is 6.09 Å². The van der Waals surface area contributed by atoms with Crippen LogP contribution in [0.1, 0.15) is 115 Å². The first-order chi connectivity index (χ1) is 16.7. The molecule has 0 radical (unpaired) electrons. The number of amides is 1. The highest BCUT2D eigenvalue weighted by atomic mass is 16.6. The molecule has 196 valence electrons. The highest BCUT2D eigenvalue weighted by Crippen LogP contribution is 2.52. The van der Waals surface area contributed by atoms with Crippen LogP contribution in [0.2, 0.25) is 0 Å². The van der Waals surface area contributed by atoms with E-state index in [4.69, 9.17) is 14.2 Å². The van der Waals surface area contributed by atoms with E-state index in [9.17, 15) is 4.79 Å². The summed E-state index contributed by atoms with van der Waals surface area (Å²) < 4.78 is 11.7. The van der Waals surface area contributed by atoms with Crippen LogP contribution in [0.15, 0.2) is 4.52 Å². The summed E-state index contributed by atoms with van der Waals surface area (Å²) in [6.07, 6.45) is 14.2. The van der Waals surface area contributed by atoms with Gasteiger partial charge in [-0.3, -0.25) is 0 Å². The lowest BCUT2D eigenvalue weighted by atomic mass is 9.85. The Kier molecular flexibility index (Phi) is 6.92. The van der Waals surface area contributed by atoms with Gasteiger partial charge in [-0.15, -0.1) is 0 Å². The molecule has 4 aliphatic carbocycles. The maximum atomic E-state index is 13.4. The standard InChI is InChI=1S/C28H46N4O3/c1-27(2,3)34-26(33)32(23-17-22(23)19-9-7-6-8-10-19)18-28(15-16-28)25-29-24(35-30-25)20-11-13-21(14-12-20)31(4)5/h19-23H,6-18H2,1-5H3/t20-,21-,22-,23+/m0/s1. The van der Waals surface area contributed by atoms with E-state index >= 15 is 0 Å². The Morgan fingerprint density at radius 3 is 2.34 bits per heavy atom. The van der Waals surface area contributed by atoms with Gasteiger partial charge in [0, 0.05) is 24.5 Å². The predicted octanol–water partition coefficient (Wildman–Crippen LogP) is 5.89. The van der Waals surface area contributed by atoms with Crippen LogP contribution in [-0.4, -0.2) is 64.4 Å². The van der Waals surface area contributed by atoms with Crippen molar-refractivity contribution in [2.75, 3.05) is 20.6 Å². The Bertz CT molecular complexity index is 873. The molecular weight excluding hydrogens is 440 g/mol. The van der Waals surface area contributed by atoms with Crippen molar-refractivity contribution in [1.82, 2.24) is 19.9 Å². The van der Waals surface area contributed by atoms with Crippen molar-refractivity contribution < 1.29 is 14.1 Å². The number of ether oxygens (including phenoxy) is 1. The third kappa shape index (κ3) is 5.70. The fraction of sp³-hybridized carbons (Fsp3) is 0.893. The Balaban J connectivity index is 1.27. The lowest BCUT2D eigenvalue weighted by Crippen LogP contribution is -2.43. The molecule has 1 aromatic rings. The molecule has 0 bridgehead atoms. The Hall–Kier alpha value is -1.63. The van der Waals surface area contributed by atoms with Crippen molar-refractivity contribution in [1.29, 1.82) is 0 Å². The molecule has 1 heterocycles. The average Bonchev–Trinajstić information content (AvgIpc) is 3.73. The molecule has 1 amide bonds. The van der Waals surface area contributed by atoms with Gasteiger partial charge in [0.1, 0.15) is 5.60 Å². The van der Waals surface area contributed by atoms with E-state index < -0.39 is 5.60 Å². The number of hydrogen-bond donors (Lipinski definition) is 0. The van der Waals surface area contributed by atoms with Crippen molar-refractivity contribution in [3.63, 3.8) is 0 Å². The predicted molar refractivity (Wildman–Crippen MR) is 135 cm³/mol. The quantitative estimate of drug-likeness (QED) is 0.478. The zero-order chi connectivity index (χ0) is 24.8. The minimum atomic E-state index is -0.494. The van der Waals surface area contributed by atoms with E-state index in [1.807, 2.05) is 20.8 Å². The third-order valence-electron chi connectivity index (χ3n) is 9.11. The summed E-state index contributed by atoms with van der Waals surface area (Å²) in [5.74, 6) is 3.38. The molecule has 0 N–H and O–H groups in total. The highest BCUT2D eigenvalue weighted by Gasteiger charge is 2.56. The number of nitrogens with zero attached hydrogens (tertiary/aromatic N) is 4. The summed E-state index contributed by atoms with van der Waals surface area (Å²) >= 11 is 0.